The minimum Gasteiger partial charge on any atom is -0.477 e. The molecule has 0 spiro atoms. The van der Waals surface area contributed by atoms with Crippen molar-refractivity contribution in [1.29, 1.82) is 0 Å². The van der Waals surface area contributed by atoms with Gasteiger partial charge in [-0.1, -0.05) is 38.0 Å². The molecule has 0 saturated heterocycles. The number of carboxylic acid groups (broad SMARTS) is 1. The fourth-order valence-electron chi connectivity index (χ4n) is 2.13. The summed E-state index contributed by atoms with van der Waals surface area (Å²) >= 11 is 0. The van der Waals surface area contributed by atoms with Crippen LogP contribution in [0.4, 0.5) is 0 Å². The van der Waals surface area contributed by atoms with E-state index in [-0.39, 0.29) is 5.69 Å². The van der Waals surface area contributed by atoms with Crippen molar-refractivity contribution in [3.05, 3.63) is 41.6 Å². The molecule has 3 heteroatoms. The quantitative estimate of drug-likeness (QED) is 0.815. The number of hydrogen-bond acceptors (Lipinski definition) is 2. The first-order valence-corrected chi connectivity index (χ1v) is 6.34. The molecule has 0 saturated carbocycles. The van der Waals surface area contributed by atoms with Gasteiger partial charge in [-0.2, -0.15) is 0 Å². The van der Waals surface area contributed by atoms with Gasteiger partial charge in [0.2, 0.25) is 0 Å². The number of aryl methyl sites for hydroxylation is 1. The molecule has 0 atom stereocenters. The van der Waals surface area contributed by atoms with E-state index >= 15 is 0 Å². The highest BCUT2D eigenvalue weighted by atomic mass is 16.4. The summed E-state index contributed by atoms with van der Waals surface area (Å²) in [4.78, 5) is 15.2. The van der Waals surface area contributed by atoms with Crippen LogP contribution < -0.4 is 0 Å². The third-order valence-electron chi connectivity index (χ3n) is 3.07. The van der Waals surface area contributed by atoms with Crippen LogP contribution in [0.25, 0.3) is 10.9 Å². The molecule has 0 unspecified atom stereocenters. The second-order valence-electron chi connectivity index (χ2n) is 4.45. The molecule has 0 aliphatic carbocycles. The first-order chi connectivity index (χ1) is 8.72. The highest BCUT2D eigenvalue weighted by molar-refractivity contribution is 5.91. The average Bonchev–Trinajstić information content (AvgIpc) is 2.38. The monoisotopic (exact) mass is 243 g/mol. The molecule has 0 aliphatic rings. The van der Waals surface area contributed by atoms with Crippen molar-refractivity contribution in [3.8, 4) is 0 Å². The predicted octanol–water partition coefficient (Wildman–Crippen LogP) is 3.67. The van der Waals surface area contributed by atoms with E-state index < -0.39 is 5.97 Å². The van der Waals surface area contributed by atoms with Gasteiger partial charge in [-0.25, -0.2) is 9.78 Å². The highest BCUT2D eigenvalue weighted by Crippen LogP contribution is 2.20. The largest absolute Gasteiger partial charge is 0.477 e. The van der Waals surface area contributed by atoms with Crippen LogP contribution in [0.2, 0.25) is 0 Å². The topological polar surface area (TPSA) is 50.2 Å². The van der Waals surface area contributed by atoms with Crippen molar-refractivity contribution >= 4 is 16.9 Å². The third kappa shape index (κ3) is 2.67. The number of benzene rings is 1. The number of unbranched alkanes of at least 4 members (excludes halogenated alkanes) is 2. The molecule has 0 bridgehead atoms. The van der Waals surface area contributed by atoms with Crippen LogP contribution in [0.5, 0.6) is 0 Å². The van der Waals surface area contributed by atoms with Crippen LogP contribution in [-0.2, 0) is 6.42 Å². The number of carboxylic acids is 1. The Morgan fingerprint density at radius 1 is 1.28 bits per heavy atom. The molecule has 0 fully saturated rings. The van der Waals surface area contributed by atoms with Crippen LogP contribution in [0.3, 0.4) is 0 Å². The molecule has 3 nitrogen and oxygen atoms in total. The van der Waals surface area contributed by atoms with Crippen molar-refractivity contribution in [3.63, 3.8) is 0 Å². The van der Waals surface area contributed by atoms with Crippen molar-refractivity contribution in [2.75, 3.05) is 0 Å². The van der Waals surface area contributed by atoms with Gasteiger partial charge in [0.15, 0.2) is 0 Å². The summed E-state index contributed by atoms with van der Waals surface area (Å²) in [6.45, 7) is 2.16. The Morgan fingerprint density at radius 2 is 2.06 bits per heavy atom. The summed E-state index contributed by atoms with van der Waals surface area (Å²) in [5.74, 6) is -0.961. The lowest BCUT2D eigenvalue weighted by Gasteiger charge is -2.07. The van der Waals surface area contributed by atoms with Crippen molar-refractivity contribution < 1.29 is 9.90 Å². The lowest BCUT2D eigenvalue weighted by Crippen LogP contribution is -2.02. The van der Waals surface area contributed by atoms with E-state index in [9.17, 15) is 4.79 Å². The van der Waals surface area contributed by atoms with Crippen LogP contribution in [0, 0.1) is 0 Å². The Balaban J connectivity index is 2.43. The molecular formula is C15H17NO2. The van der Waals surface area contributed by atoms with E-state index in [0.717, 1.165) is 35.7 Å². The number of para-hydroxylation sites is 1. The summed E-state index contributed by atoms with van der Waals surface area (Å²) in [6.07, 6.45) is 4.33. The molecule has 18 heavy (non-hydrogen) atoms. The second kappa shape index (κ2) is 5.63. The molecule has 0 amide bonds. The molecule has 2 aromatic rings. The first-order valence-electron chi connectivity index (χ1n) is 6.34. The number of aromatic carboxylic acids is 1. The fourth-order valence-corrected chi connectivity index (χ4v) is 2.13. The smallest absolute Gasteiger partial charge is 0.354 e. The normalized spacial score (nSPS) is 10.7. The zero-order valence-electron chi connectivity index (χ0n) is 10.5. The number of pyridine rings is 1. The number of hydrogen-bond donors (Lipinski definition) is 1. The SMILES string of the molecule is CCCCCc1cc(C(=O)O)nc2ccccc12. The van der Waals surface area contributed by atoms with E-state index in [0.29, 0.717) is 0 Å². The van der Waals surface area contributed by atoms with E-state index in [1.807, 2.05) is 24.3 Å². The van der Waals surface area contributed by atoms with Gasteiger partial charge in [0, 0.05) is 5.39 Å². The number of carbonyl (C=O) groups is 1. The van der Waals surface area contributed by atoms with E-state index in [2.05, 4.69) is 11.9 Å². The molecule has 0 aliphatic heterocycles. The molecule has 0 radical (unpaired) electrons. The van der Waals surface area contributed by atoms with Gasteiger partial charge >= 0.3 is 5.97 Å². The zero-order chi connectivity index (χ0) is 13.0. The Labute approximate surface area is 106 Å². The lowest BCUT2D eigenvalue weighted by atomic mass is 10.0. The Bertz CT molecular complexity index is 563. The number of nitrogens with zero attached hydrogens (tertiary/aromatic N) is 1. The minimum absolute atomic E-state index is 0.139. The summed E-state index contributed by atoms with van der Waals surface area (Å²) in [7, 11) is 0. The van der Waals surface area contributed by atoms with Crippen LogP contribution in [-0.4, -0.2) is 16.1 Å². The Hall–Kier alpha value is -1.90. The average molecular weight is 243 g/mol. The van der Waals surface area contributed by atoms with Gasteiger partial charge < -0.3 is 5.11 Å². The van der Waals surface area contributed by atoms with Gasteiger partial charge in [0.1, 0.15) is 5.69 Å². The molecule has 1 aromatic heterocycles. The van der Waals surface area contributed by atoms with E-state index in [1.54, 1.807) is 6.07 Å². The summed E-state index contributed by atoms with van der Waals surface area (Å²) in [5.41, 5.74) is 2.00. The zero-order valence-corrected chi connectivity index (χ0v) is 10.5. The highest BCUT2D eigenvalue weighted by Gasteiger charge is 2.10. The molecule has 2 rings (SSSR count). The number of fused-ring (bicyclic) bond motifs is 1. The summed E-state index contributed by atoms with van der Waals surface area (Å²) < 4.78 is 0. The second-order valence-corrected chi connectivity index (χ2v) is 4.45. The maximum atomic E-state index is 11.1. The predicted molar refractivity (Wildman–Crippen MR) is 71.9 cm³/mol. The molecule has 1 heterocycles. The maximum Gasteiger partial charge on any atom is 0.354 e. The van der Waals surface area contributed by atoms with Gasteiger partial charge in [-0.15, -0.1) is 0 Å². The third-order valence-corrected chi connectivity index (χ3v) is 3.07. The Morgan fingerprint density at radius 3 is 2.78 bits per heavy atom. The Kier molecular flexibility index (Phi) is 3.92. The van der Waals surface area contributed by atoms with Gasteiger partial charge in [-0.3, -0.25) is 0 Å². The number of aromatic nitrogens is 1. The number of rotatable bonds is 5. The first kappa shape index (κ1) is 12.6. The summed E-state index contributed by atoms with van der Waals surface area (Å²) in [5, 5.41) is 10.1. The van der Waals surface area contributed by atoms with Crippen molar-refractivity contribution in [1.82, 2.24) is 4.98 Å². The molecule has 1 aromatic carbocycles. The maximum absolute atomic E-state index is 11.1. The molecular weight excluding hydrogens is 226 g/mol. The van der Waals surface area contributed by atoms with Crippen LogP contribution in [0.15, 0.2) is 30.3 Å². The van der Waals surface area contributed by atoms with Gasteiger partial charge in [-0.05, 0) is 30.5 Å². The molecule has 94 valence electrons. The summed E-state index contributed by atoms with van der Waals surface area (Å²) in [6, 6.07) is 9.44. The van der Waals surface area contributed by atoms with Gasteiger partial charge in [0.25, 0.3) is 0 Å². The van der Waals surface area contributed by atoms with Crippen molar-refractivity contribution in [2.24, 2.45) is 0 Å². The minimum atomic E-state index is -0.961. The van der Waals surface area contributed by atoms with E-state index in [1.165, 1.54) is 6.42 Å². The van der Waals surface area contributed by atoms with Crippen LogP contribution in [0.1, 0.15) is 42.2 Å². The van der Waals surface area contributed by atoms with E-state index in [4.69, 9.17) is 5.11 Å². The van der Waals surface area contributed by atoms with Gasteiger partial charge in [0.05, 0.1) is 5.52 Å². The fraction of sp³-hybridized carbons (Fsp3) is 0.333. The lowest BCUT2D eigenvalue weighted by molar-refractivity contribution is 0.0691. The van der Waals surface area contributed by atoms with Crippen LogP contribution >= 0.6 is 0 Å². The molecule has 1 N–H and O–H groups in total. The standard InChI is InChI=1S/C15H17NO2/c1-2-3-4-7-11-10-14(15(17)18)16-13-9-6-5-8-12(11)13/h5-6,8-10H,2-4,7H2,1H3,(H,17,18). The van der Waals surface area contributed by atoms with Crippen molar-refractivity contribution in [2.45, 2.75) is 32.6 Å².